The van der Waals surface area contributed by atoms with Crippen LogP contribution in [-0.2, 0) is 11.3 Å². The fraction of sp³-hybridized carbons (Fsp3) is 0.725. The zero-order chi connectivity index (χ0) is 33.7. The van der Waals surface area contributed by atoms with E-state index in [4.69, 9.17) is 14.2 Å². The molecule has 9 atom stereocenters. The number of allylic oxidation sites excluding steroid dienone is 3. The van der Waals surface area contributed by atoms with Crippen LogP contribution in [0.4, 0.5) is 4.79 Å². The molecule has 6 rings (SSSR count). The van der Waals surface area contributed by atoms with E-state index in [2.05, 4.69) is 46.8 Å². The van der Waals surface area contributed by atoms with Gasteiger partial charge in [0.2, 0.25) is 0 Å². The second kappa shape index (κ2) is 13.1. The number of aliphatic hydroxyl groups is 2. The SMILES string of the molecule is COc1ccc(CN(CC2(O)CCC3C4=CC=C5CC(O)CCC5(C)C4CCC32C)C(=O)OC2CC(C)CCC2C(C)C)c(OC)c1. The lowest BCUT2D eigenvalue weighted by Gasteiger charge is -2.56. The quantitative estimate of drug-likeness (QED) is 0.296. The van der Waals surface area contributed by atoms with Crippen molar-refractivity contribution in [3.8, 4) is 11.5 Å². The van der Waals surface area contributed by atoms with Gasteiger partial charge in [-0.2, -0.15) is 0 Å². The summed E-state index contributed by atoms with van der Waals surface area (Å²) in [6.07, 6.45) is 13.1. The molecule has 0 radical (unpaired) electrons. The highest BCUT2D eigenvalue weighted by atomic mass is 16.6. The van der Waals surface area contributed by atoms with E-state index < -0.39 is 5.60 Å². The van der Waals surface area contributed by atoms with Gasteiger partial charge in [-0.25, -0.2) is 4.79 Å². The van der Waals surface area contributed by atoms with Crippen LogP contribution in [0.1, 0.15) is 104 Å². The summed E-state index contributed by atoms with van der Waals surface area (Å²) < 4.78 is 17.6. The van der Waals surface area contributed by atoms with E-state index in [0.29, 0.717) is 41.6 Å². The van der Waals surface area contributed by atoms with E-state index in [1.54, 1.807) is 19.1 Å². The molecule has 0 aromatic heterocycles. The van der Waals surface area contributed by atoms with Gasteiger partial charge in [0.05, 0.1) is 39.0 Å². The molecule has 1 aromatic carbocycles. The van der Waals surface area contributed by atoms with Gasteiger partial charge < -0.3 is 29.3 Å². The summed E-state index contributed by atoms with van der Waals surface area (Å²) in [6.45, 7) is 11.9. The first-order chi connectivity index (χ1) is 22.3. The number of hydrogen-bond acceptors (Lipinski definition) is 6. The number of nitrogens with zero attached hydrogens (tertiary/aromatic N) is 1. The Morgan fingerprint density at radius 2 is 1.77 bits per heavy atom. The first kappa shape index (κ1) is 34.4. The summed E-state index contributed by atoms with van der Waals surface area (Å²) >= 11 is 0. The number of methoxy groups -OCH3 is 2. The minimum atomic E-state index is -1.06. The normalized spacial score (nSPS) is 38.0. The van der Waals surface area contributed by atoms with Crippen LogP contribution in [0.5, 0.6) is 11.5 Å². The van der Waals surface area contributed by atoms with E-state index >= 15 is 0 Å². The summed E-state index contributed by atoms with van der Waals surface area (Å²) in [5.74, 6) is 3.31. The second-order valence-corrected chi connectivity index (χ2v) is 16.6. The predicted octanol–water partition coefficient (Wildman–Crippen LogP) is 8.08. The van der Waals surface area contributed by atoms with Crippen LogP contribution in [0.15, 0.2) is 41.5 Å². The number of ether oxygens (including phenoxy) is 3. The monoisotopic (exact) mass is 649 g/mol. The van der Waals surface area contributed by atoms with Crippen molar-refractivity contribution in [2.24, 2.45) is 40.4 Å². The third kappa shape index (κ3) is 6.13. The van der Waals surface area contributed by atoms with E-state index in [0.717, 1.165) is 63.4 Å². The van der Waals surface area contributed by atoms with E-state index in [9.17, 15) is 15.0 Å². The molecule has 7 nitrogen and oxygen atoms in total. The number of carbonyl (C=O) groups excluding carboxylic acids is 1. The zero-order valence-electron chi connectivity index (χ0n) is 29.9. The van der Waals surface area contributed by atoms with Crippen LogP contribution >= 0.6 is 0 Å². The Morgan fingerprint density at radius 1 is 1.00 bits per heavy atom. The molecule has 4 fully saturated rings. The molecule has 0 aliphatic heterocycles. The van der Waals surface area contributed by atoms with Crippen molar-refractivity contribution in [2.75, 3.05) is 20.8 Å². The van der Waals surface area contributed by atoms with Gasteiger partial charge in [0.25, 0.3) is 0 Å². The summed E-state index contributed by atoms with van der Waals surface area (Å²) in [5.41, 5.74) is 2.37. The molecule has 1 amide bonds. The van der Waals surface area contributed by atoms with E-state index in [-0.39, 0.29) is 48.1 Å². The minimum Gasteiger partial charge on any atom is -0.497 e. The largest absolute Gasteiger partial charge is 0.497 e. The number of benzene rings is 1. The Bertz CT molecular complexity index is 1390. The summed E-state index contributed by atoms with van der Waals surface area (Å²) in [6, 6.07) is 5.69. The topological polar surface area (TPSA) is 88.5 Å². The minimum absolute atomic E-state index is 0.0796. The average Bonchev–Trinajstić information content (AvgIpc) is 3.30. The third-order valence-corrected chi connectivity index (χ3v) is 13.6. The molecule has 1 aromatic rings. The van der Waals surface area contributed by atoms with Gasteiger partial charge in [-0.3, -0.25) is 0 Å². The van der Waals surface area contributed by atoms with E-state index in [1.807, 2.05) is 18.2 Å². The zero-order valence-corrected chi connectivity index (χ0v) is 29.9. The van der Waals surface area contributed by atoms with Crippen LogP contribution in [0, 0.1) is 40.4 Å². The molecule has 260 valence electrons. The lowest BCUT2D eigenvalue weighted by Crippen LogP contribution is -2.57. The molecule has 0 heterocycles. The lowest BCUT2D eigenvalue weighted by molar-refractivity contribution is -0.104. The number of hydrogen-bond donors (Lipinski definition) is 2. The third-order valence-electron chi connectivity index (χ3n) is 13.6. The molecule has 47 heavy (non-hydrogen) atoms. The fourth-order valence-electron chi connectivity index (χ4n) is 10.5. The van der Waals surface area contributed by atoms with Crippen LogP contribution < -0.4 is 9.47 Å². The Balaban J connectivity index is 1.30. The standard InChI is InChI=1S/C40H59NO6/c1-25(2)31-12-8-26(3)20-36(31)47-37(43)41(23-27-9-11-30(45-6)22-35(27)46-7)24-40(44)19-16-34-32-13-10-28-21-29(42)14-17-38(28,4)33(32)15-18-39(34,40)5/h9-11,13,22,25-26,29,31,33-34,36,42,44H,8,12,14-21,23-24H2,1-7H3. The van der Waals surface area contributed by atoms with Crippen molar-refractivity contribution >= 4 is 6.09 Å². The molecule has 7 heteroatoms. The predicted molar refractivity (Wildman–Crippen MR) is 184 cm³/mol. The number of carbonyl (C=O) groups is 1. The maximum atomic E-state index is 14.3. The van der Waals surface area contributed by atoms with E-state index in [1.165, 1.54) is 11.1 Å². The molecule has 0 spiro atoms. The van der Waals surface area contributed by atoms with Crippen molar-refractivity contribution in [3.05, 3.63) is 47.1 Å². The van der Waals surface area contributed by atoms with Crippen LogP contribution in [0.25, 0.3) is 0 Å². The van der Waals surface area contributed by atoms with Gasteiger partial charge in [-0.05, 0) is 105 Å². The Kier molecular flexibility index (Phi) is 9.56. The summed E-state index contributed by atoms with van der Waals surface area (Å²) in [4.78, 5) is 16.1. The first-order valence-corrected chi connectivity index (χ1v) is 18.3. The Hall–Kier alpha value is -2.51. The maximum absolute atomic E-state index is 14.3. The average molecular weight is 650 g/mol. The van der Waals surface area contributed by atoms with Crippen molar-refractivity contribution < 1.29 is 29.2 Å². The molecule has 5 aliphatic rings. The summed E-state index contributed by atoms with van der Waals surface area (Å²) in [5, 5.41) is 23.2. The molecular formula is C40H59NO6. The highest BCUT2D eigenvalue weighted by molar-refractivity contribution is 5.68. The maximum Gasteiger partial charge on any atom is 0.410 e. The molecule has 0 saturated heterocycles. The van der Waals surface area contributed by atoms with Gasteiger partial charge in [0, 0.05) is 17.0 Å². The Morgan fingerprint density at radius 3 is 2.49 bits per heavy atom. The van der Waals surface area contributed by atoms with Gasteiger partial charge in [0.15, 0.2) is 0 Å². The van der Waals surface area contributed by atoms with Crippen molar-refractivity contribution in [3.63, 3.8) is 0 Å². The number of aliphatic hydroxyl groups excluding tert-OH is 1. The molecule has 0 bridgehead atoms. The van der Waals surface area contributed by atoms with Crippen LogP contribution in [-0.4, -0.2) is 59.8 Å². The fourth-order valence-corrected chi connectivity index (χ4v) is 10.5. The molecule has 2 N–H and O–H groups in total. The van der Waals surface area contributed by atoms with Crippen molar-refractivity contribution in [2.45, 2.75) is 123 Å². The van der Waals surface area contributed by atoms with Gasteiger partial charge >= 0.3 is 6.09 Å². The second-order valence-electron chi connectivity index (χ2n) is 16.6. The van der Waals surface area contributed by atoms with Crippen molar-refractivity contribution in [1.29, 1.82) is 0 Å². The molecular weight excluding hydrogens is 590 g/mol. The van der Waals surface area contributed by atoms with Gasteiger partial charge in [-0.1, -0.05) is 64.3 Å². The summed E-state index contributed by atoms with van der Waals surface area (Å²) in [7, 11) is 3.27. The highest BCUT2D eigenvalue weighted by Gasteiger charge is 2.62. The number of amides is 1. The molecule has 5 aliphatic carbocycles. The molecule has 9 unspecified atom stereocenters. The Labute approximate surface area is 282 Å². The molecule has 4 saturated carbocycles. The van der Waals surface area contributed by atoms with Crippen LogP contribution in [0.3, 0.4) is 0 Å². The number of fused-ring (bicyclic) bond motifs is 5. The van der Waals surface area contributed by atoms with Gasteiger partial charge in [-0.15, -0.1) is 0 Å². The smallest absolute Gasteiger partial charge is 0.410 e. The lowest BCUT2D eigenvalue weighted by atomic mass is 9.50. The van der Waals surface area contributed by atoms with Gasteiger partial charge in [0.1, 0.15) is 17.6 Å². The highest BCUT2D eigenvalue weighted by Crippen LogP contribution is 2.66. The first-order valence-electron chi connectivity index (χ1n) is 18.3. The van der Waals surface area contributed by atoms with Crippen molar-refractivity contribution in [1.82, 2.24) is 4.90 Å². The number of rotatable bonds is 8. The van der Waals surface area contributed by atoms with Crippen LogP contribution in [0.2, 0.25) is 0 Å².